The van der Waals surface area contributed by atoms with Gasteiger partial charge in [-0.05, 0) is 47.0 Å². The van der Waals surface area contributed by atoms with E-state index in [-0.39, 0.29) is 0 Å². The number of rotatable bonds is 10. The maximum absolute atomic E-state index is 5.79. The van der Waals surface area contributed by atoms with Crippen LogP contribution in [0.2, 0.25) is 0 Å². The van der Waals surface area contributed by atoms with Gasteiger partial charge in [0, 0.05) is 11.9 Å². The lowest BCUT2D eigenvalue weighted by Gasteiger charge is -2.15. The normalized spacial score (nSPS) is 10.6. The summed E-state index contributed by atoms with van der Waals surface area (Å²) < 4.78 is 17.8. The number of alkyl halides is 1. The minimum Gasteiger partial charge on any atom is -0.490 e. The molecule has 3 nitrogen and oxygen atoms in total. The molecule has 1 aromatic carbocycles. The fourth-order valence-corrected chi connectivity index (χ4v) is 2.58. The third kappa shape index (κ3) is 6.02. The second kappa shape index (κ2) is 10.5. The van der Waals surface area contributed by atoms with Gasteiger partial charge in [0.25, 0.3) is 0 Å². The summed E-state index contributed by atoms with van der Waals surface area (Å²) in [7, 11) is 0. The van der Waals surface area contributed by atoms with Gasteiger partial charge in [-0.1, -0.05) is 29.3 Å². The number of ether oxygens (including phenoxy) is 3. The lowest BCUT2D eigenvalue weighted by atomic mass is 10.2. The van der Waals surface area contributed by atoms with Gasteiger partial charge in [0.1, 0.15) is 6.61 Å². The largest absolute Gasteiger partial charge is 0.490 e. The Bertz CT molecular complexity index is 397. The van der Waals surface area contributed by atoms with Gasteiger partial charge >= 0.3 is 0 Å². The molecule has 0 N–H and O–H groups in total. The number of hydrogen-bond donors (Lipinski definition) is 0. The summed E-state index contributed by atoms with van der Waals surface area (Å²) in [6.45, 7) is 6.64. The molecule has 0 aliphatic rings. The van der Waals surface area contributed by atoms with Crippen molar-refractivity contribution in [2.45, 2.75) is 32.0 Å². The lowest BCUT2D eigenvalue weighted by Crippen LogP contribution is -2.09. The van der Waals surface area contributed by atoms with Crippen molar-refractivity contribution in [1.29, 1.82) is 0 Å². The molecule has 0 radical (unpaired) electrons. The predicted octanol–water partition coefficient (Wildman–Crippen LogP) is 4.94. The van der Waals surface area contributed by atoms with Crippen molar-refractivity contribution in [3.05, 3.63) is 22.2 Å². The summed E-state index contributed by atoms with van der Waals surface area (Å²) in [5.74, 6) is 1.51. The van der Waals surface area contributed by atoms with Crippen LogP contribution in [0.3, 0.4) is 0 Å². The van der Waals surface area contributed by atoms with Crippen molar-refractivity contribution in [2.24, 2.45) is 0 Å². The summed E-state index contributed by atoms with van der Waals surface area (Å²) in [6.07, 6.45) is 2.24. The summed E-state index contributed by atoms with van der Waals surface area (Å²) in [6, 6.07) is 4.03. The molecule has 0 bridgehead atoms. The second-order valence-corrected chi connectivity index (χ2v) is 5.70. The van der Waals surface area contributed by atoms with E-state index in [1.54, 1.807) is 0 Å². The predicted molar refractivity (Wildman–Crippen MR) is 89.2 cm³/mol. The first-order valence-electron chi connectivity index (χ1n) is 6.94. The van der Waals surface area contributed by atoms with Crippen LogP contribution >= 0.6 is 31.9 Å². The van der Waals surface area contributed by atoms with E-state index in [0.29, 0.717) is 19.8 Å². The molecule has 0 saturated carbocycles. The third-order valence-corrected chi connectivity index (χ3v) is 3.88. The number of unbranched alkanes of at least 4 members (excludes halogenated alkanes) is 1. The van der Waals surface area contributed by atoms with Gasteiger partial charge < -0.3 is 14.2 Å². The van der Waals surface area contributed by atoms with E-state index in [1.807, 2.05) is 19.1 Å². The van der Waals surface area contributed by atoms with E-state index in [1.165, 1.54) is 0 Å². The Morgan fingerprint density at radius 2 is 1.85 bits per heavy atom. The van der Waals surface area contributed by atoms with Crippen LogP contribution in [0.4, 0.5) is 0 Å². The molecule has 1 aromatic rings. The van der Waals surface area contributed by atoms with E-state index >= 15 is 0 Å². The first kappa shape index (κ1) is 17.8. The summed E-state index contributed by atoms with van der Waals surface area (Å²) >= 11 is 6.99. The van der Waals surface area contributed by atoms with Crippen LogP contribution in [0.5, 0.6) is 11.5 Å². The SMILES string of the molecule is CCCCOCCOc1c(Br)cc(CBr)cc1OCC. The third-order valence-electron chi connectivity index (χ3n) is 2.64. The van der Waals surface area contributed by atoms with Crippen LogP contribution in [0.15, 0.2) is 16.6 Å². The summed E-state index contributed by atoms with van der Waals surface area (Å²) in [5, 5.41) is 0.784. The van der Waals surface area contributed by atoms with Crippen molar-refractivity contribution in [1.82, 2.24) is 0 Å². The van der Waals surface area contributed by atoms with E-state index in [4.69, 9.17) is 14.2 Å². The Labute approximate surface area is 138 Å². The molecule has 0 saturated heterocycles. The van der Waals surface area contributed by atoms with E-state index < -0.39 is 0 Å². The van der Waals surface area contributed by atoms with Crippen molar-refractivity contribution in [3.63, 3.8) is 0 Å². The molecule has 0 atom stereocenters. The van der Waals surface area contributed by atoms with Crippen molar-refractivity contribution in [3.8, 4) is 11.5 Å². The highest BCUT2D eigenvalue weighted by Crippen LogP contribution is 2.37. The van der Waals surface area contributed by atoms with Gasteiger partial charge in [-0.3, -0.25) is 0 Å². The summed E-state index contributed by atoms with van der Waals surface area (Å²) in [5.41, 5.74) is 1.15. The Balaban J connectivity index is 2.58. The van der Waals surface area contributed by atoms with Crippen LogP contribution in [0.1, 0.15) is 32.3 Å². The van der Waals surface area contributed by atoms with E-state index in [0.717, 1.165) is 46.3 Å². The van der Waals surface area contributed by atoms with Crippen LogP contribution in [0.25, 0.3) is 0 Å². The zero-order valence-corrected chi connectivity index (χ0v) is 15.3. The maximum Gasteiger partial charge on any atom is 0.175 e. The first-order valence-corrected chi connectivity index (χ1v) is 8.86. The minimum atomic E-state index is 0.524. The van der Waals surface area contributed by atoms with Crippen LogP contribution in [0, 0.1) is 0 Å². The van der Waals surface area contributed by atoms with E-state index in [9.17, 15) is 0 Å². The quantitative estimate of drug-likeness (QED) is 0.404. The van der Waals surface area contributed by atoms with Crippen molar-refractivity contribution < 1.29 is 14.2 Å². The van der Waals surface area contributed by atoms with Gasteiger partial charge in [0.2, 0.25) is 0 Å². The highest BCUT2D eigenvalue weighted by atomic mass is 79.9. The van der Waals surface area contributed by atoms with Gasteiger partial charge in [0.05, 0.1) is 17.7 Å². The molecule has 0 amide bonds. The first-order chi connectivity index (χ1) is 9.72. The Morgan fingerprint density at radius 3 is 2.50 bits per heavy atom. The highest BCUT2D eigenvalue weighted by molar-refractivity contribution is 9.10. The molecule has 0 aliphatic carbocycles. The average molecular weight is 410 g/mol. The number of hydrogen-bond acceptors (Lipinski definition) is 3. The average Bonchev–Trinajstić information content (AvgIpc) is 2.44. The highest BCUT2D eigenvalue weighted by Gasteiger charge is 2.11. The molecule has 20 heavy (non-hydrogen) atoms. The lowest BCUT2D eigenvalue weighted by molar-refractivity contribution is 0.0964. The van der Waals surface area contributed by atoms with Crippen molar-refractivity contribution in [2.75, 3.05) is 26.4 Å². The van der Waals surface area contributed by atoms with Gasteiger partial charge in [0.15, 0.2) is 11.5 Å². The molecule has 0 fully saturated rings. The zero-order valence-electron chi connectivity index (χ0n) is 12.1. The smallest absolute Gasteiger partial charge is 0.175 e. The number of halogens is 2. The second-order valence-electron chi connectivity index (χ2n) is 4.29. The van der Waals surface area contributed by atoms with E-state index in [2.05, 4.69) is 38.8 Å². The fourth-order valence-electron chi connectivity index (χ4n) is 1.65. The number of benzene rings is 1. The van der Waals surface area contributed by atoms with Gasteiger partial charge in [-0.25, -0.2) is 0 Å². The molecular formula is C15H22Br2O3. The van der Waals surface area contributed by atoms with Crippen molar-refractivity contribution >= 4 is 31.9 Å². The topological polar surface area (TPSA) is 27.7 Å². The Kier molecular flexibility index (Phi) is 9.31. The molecular weight excluding hydrogens is 388 g/mol. The van der Waals surface area contributed by atoms with Crippen LogP contribution in [-0.4, -0.2) is 26.4 Å². The molecule has 114 valence electrons. The molecule has 5 heteroatoms. The molecule has 0 unspecified atom stereocenters. The molecule has 0 spiro atoms. The van der Waals surface area contributed by atoms with Gasteiger partial charge in [-0.2, -0.15) is 0 Å². The minimum absolute atomic E-state index is 0.524. The molecule has 0 heterocycles. The van der Waals surface area contributed by atoms with Gasteiger partial charge in [-0.15, -0.1) is 0 Å². The zero-order chi connectivity index (χ0) is 14.8. The fraction of sp³-hybridized carbons (Fsp3) is 0.600. The molecule has 0 aliphatic heterocycles. The maximum atomic E-state index is 5.79. The van der Waals surface area contributed by atoms with Crippen LogP contribution in [-0.2, 0) is 10.1 Å². The monoisotopic (exact) mass is 408 g/mol. The van der Waals surface area contributed by atoms with Crippen LogP contribution < -0.4 is 9.47 Å². The standard InChI is InChI=1S/C15H22Br2O3/c1-3-5-6-18-7-8-20-15-13(17)9-12(11-16)10-14(15)19-4-2/h9-10H,3-8,11H2,1-2H3. The molecule has 0 aromatic heterocycles. The Morgan fingerprint density at radius 1 is 1.05 bits per heavy atom. The Hall–Kier alpha value is -0.260. The summed E-state index contributed by atoms with van der Waals surface area (Å²) in [4.78, 5) is 0. The molecule has 1 rings (SSSR count).